The van der Waals surface area contributed by atoms with Crippen LogP contribution in [0.15, 0.2) is 30.5 Å². The van der Waals surface area contributed by atoms with Gasteiger partial charge in [0.1, 0.15) is 0 Å². The Bertz CT molecular complexity index is 539. The maximum atomic E-state index is 13.9. The lowest BCUT2D eigenvalue weighted by molar-refractivity contribution is 0.383. The molecule has 1 heterocycles. The minimum absolute atomic E-state index is 0.283. The highest BCUT2D eigenvalue weighted by Gasteiger charge is 2.07. The highest BCUT2D eigenvalue weighted by Crippen LogP contribution is 2.19. The van der Waals surface area contributed by atoms with Crippen molar-refractivity contribution in [3.8, 4) is 5.75 Å². The second kappa shape index (κ2) is 6.33. The van der Waals surface area contributed by atoms with Gasteiger partial charge in [-0.2, -0.15) is 5.10 Å². The molecule has 2 rings (SSSR count). The van der Waals surface area contributed by atoms with Gasteiger partial charge in [0.05, 0.1) is 7.11 Å². The summed E-state index contributed by atoms with van der Waals surface area (Å²) in [6, 6.07) is 7.15. The van der Waals surface area contributed by atoms with Gasteiger partial charge in [0.2, 0.25) is 0 Å². The van der Waals surface area contributed by atoms with E-state index in [-0.39, 0.29) is 11.6 Å². The molecule has 1 aromatic heterocycles. The first-order valence-electron chi connectivity index (χ1n) is 6.21. The Morgan fingerprint density at radius 1 is 1.37 bits per heavy atom. The first kappa shape index (κ1) is 13.5. The van der Waals surface area contributed by atoms with E-state index in [1.165, 1.54) is 7.11 Å². The topological polar surface area (TPSA) is 39.1 Å². The number of aryl methyl sites for hydroxylation is 1. The van der Waals surface area contributed by atoms with Gasteiger partial charge in [-0.1, -0.05) is 12.1 Å². The molecule has 1 N–H and O–H groups in total. The van der Waals surface area contributed by atoms with Crippen LogP contribution in [0.25, 0.3) is 0 Å². The van der Waals surface area contributed by atoms with Crippen LogP contribution in [-0.2, 0) is 20.0 Å². The molecule has 0 bridgehead atoms. The maximum Gasteiger partial charge on any atom is 0.169 e. The third-order valence-electron chi connectivity index (χ3n) is 3.06. The van der Waals surface area contributed by atoms with Gasteiger partial charge in [-0.15, -0.1) is 0 Å². The number of hydrogen-bond donors (Lipinski definition) is 1. The zero-order valence-electron chi connectivity index (χ0n) is 11.2. The van der Waals surface area contributed by atoms with Crippen LogP contribution in [0.4, 0.5) is 4.39 Å². The second-order valence-electron chi connectivity index (χ2n) is 4.31. The minimum Gasteiger partial charge on any atom is -0.494 e. The largest absolute Gasteiger partial charge is 0.494 e. The molecule has 0 aliphatic carbocycles. The van der Waals surface area contributed by atoms with Crippen LogP contribution < -0.4 is 10.1 Å². The molecule has 0 saturated carbocycles. The molecule has 0 aliphatic rings. The van der Waals surface area contributed by atoms with Gasteiger partial charge in [-0.05, 0) is 12.1 Å². The van der Waals surface area contributed by atoms with Gasteiger partial charge >= 0.3 is 0 Å². The standard InChI is InChI=1S/C14H18FN3O/c1-18-12(7-9-17-18)6-8-16-10-11-4-3-5-13(19-2)14(11)15/h3-5,7,9,16H,6,8,10H2,1-2H3. The van der Waals surface area contributed by atoms with Crippen LogP contribution in [0, 0.1) is 5.82 Å². The summed E-state index contributed by atoms with van der Waals surface area (Å²) in [6.07, 6.45) is 2.64. The van der Waals surface area contributed by atoms with E-state index < -0.39 is 0 Å². The molecule has 0 radical (unpaired) electrons. The second-order valence-corrected chi connectivity index (χ2v) is 4.31. The number of rotatable bonds is 6. The van der Waals surface area contributed by atoms with Gasteiger partial charge < -0.3 is 10.1 Å². The molecule has 0 saturated heterocycles. The first-order valence-corrected chi connectivity index (χ1v) is 6.21. The number of benzene rings is 1. The zero-order valence-corrected chi connectivity index (χ0v) is 11.2. The molecule has 19 heavy (non-hydrogen) atoms. The summed E-state index contributed by atoms with van der Waals surface area (Å²) in [4.78, 5) is 0. The number of methoxy groups -OCH3 is 1. The summed E-state index contributed by atoms with van der Waals surface area (Å²) >= 11 is 0. The summed E-state index contributed by atoms with van der Waals surface area (Å²) in [5.41, 5.74) is 1.77. The molecular weight excluding hydrogens is 245 g/mol. The van der Waals surface area contributed by atoms with E-state index in [4.69, 9.17) is 4.74 Å². The molecular formula is C14H18FN3O. The van der Waals surface area contributed by atoms with Crippen molar-refractivity contribution < 1.29 is 9.13 Å². The summed E-state index contributed by atoms with van der Waals surface area (Å²) in [5, 5.41) is 7.33. The molecule has 0 unspecified atom stereocenters. The molecule has 4 nitrogen and oxygen atoms in total. The van der Waals surface area contributed by atoms with E-state index in [0.29, 0.717) is 12.1 Å². The predicted molar refractivity (Wildman–Crippen MR) is 71.6 cm³/mol. The van der Waals surface area contributed by atoms with Gasteiger partial charge in [0.15, 0.2) is 11.6 Å². The van der Waals surface area contributed by atoms with Crippen LogP contribution in [0.2, 0.25) is 0 Å². The zero-order chi connectivity index (χ0) is 13.7. The lowest BCUT2D eigenvalue weighted by atomic mass is 10.2. The van der Waals surface area contributed by atoms with E-state index in [2.05, 4.69) is 10.4 Å². The van der Waals surface area contributed by atoms with Crippen molar-refractivity contribution in [2.75, 3.05) is 13.7 Å². The highest BCUT2D eigenvalue weighted by molar-refractivity contribution is 5.30. The van der Waals surface area contributed by atoms with Gasteiger partial charge in [-0.25, -0.2) is 4.39 Å². The van der Waals surface area contributed by atoms with E-state index in [9.17, 15) is 4.39 Å². The Hall–Kier alpha value is -1.88. The smallest absolute Gasteiger partial charge is 0.169 e. The summed E-state index contributed by atoms with van der Waals surface area (Å²) in [5.74, 6) is -0.0102. The fourth-order valence-corrected chi connectivity index (χ4v) is 1.94. The van der Waals surface area contributed by atoms with Gasteiger partial charge in [-0.3, -0.25) is 4.68 Å². The predicted octanol–water partition coefficient (Wildman–Crippen LogP) is 1.90. The molecule has 0 aliphatic heterocycles. The van der Waals surface area contributed by atoms with Crippen molar-refractivity contribution in [1.82, 2.24) is 15.1 Å². The lowest BCUT2D eigenvalue weighted by Crippen LogP contribution is -2.18. The minimum atomic E-state index is -0.293. The number of nitrogens with one attached hydrogen (secondary N) is 1. The van der Waals surface area contributed by atoms with Crippen molar-refractivity contribution >= 4 is 0 Å². The van der Waals surface area contributed by atoms with Crippen molar-refractivity contribution in [3.05, 3.63) is 47.5 Å². The number of aromatic nitrogens is 2. The molecule has 1 aromatic carbocycles. The van der Waals surface area contributed by atoms with Crippen molar-refractivity contribution in [3.63, 3.8) is 0 Å². The highest BCUT2D eigenvalue weighted by atomic mass is 19.1. The van der Waals surface area contributed by atoms with Crippen LogP contribution in [-0.4, -0.2) is 23.4 Å². The Balaban J connectivity index is 1.85. The first-order chi connectivity index (χ1) is 9.22. The average molecular weight is 263 g/mol. The summed E-state index contributed by atoms with van der Waals surface area (Å²) in [7, 11) is 3.38. The number of nitrogens with zero attached hydrogens (tertiary/aromatic N) is 2. The normalized spacial score (nSPS) is 10.7. The van der Waals surface area contributed by atoms with Crippen LogP contribution in [0.5, 0.6) is 5.75 Å². The molecule has 5 heteroatoms. The quantitative estimate of drug-likeness (QED) is 0.809. The van der Waals surface area contributed by atoms with E-state index in [1.54, 1.807) is 24.4 Å². The van der Waals surface area contributed by atoms with E-state index in [0.717, 1.165) is 18.7 Å². The Labute approximate surface area is 112 Å². The van der Waals surface area contributed by atoms with Crippen LogP contribution >= 0.6 is 0 Å². The summed E-state index contributed by atoms with van der Waals surface area (Å²) in [6.45, 7) is 1.26. The summed E-state index contributed by atoms with van der Waals surface area (Å²) < 4.78 is 20.7. The van der Waals surface area contributed by atoms with Crippen molar-refractivity contribution in [2.45, 2.75) is 13.0 Å². The van der Waals surface area contributed by atoms with Crippen molar-refractivity contribution in [2.24, 2.45) is 7.05 Å². The molecule has 0 amide bonds. The Morgan fingerprint density at radius 3 is 2.89 bits per heavy atom. The molecule has 2 aromatic rings. The Kier molecular flexibility index (Phi) is 4.52. The van der Waals surface area contributed by atoms with Gasteiger partial charge in [0.25, 0.3) is 0 Å². The third-order valence-corrected chi connectivity index (χ3v) is 3.06. The van der Waals surface area contributed by atoms with Gasteiger partial charge in [0, 0.05) is 44.0 Å². The fourth-order valence-electron chi connectivity index (χ4n) is 1.94. The van der Waals surface area contributed by atoms with Crippen LogP contribution in [0.1, 0.15) is 11.3 Å². The molecule has 102 valence electrons. The Morgan fingerprint density at radius 2 is 2.21 bits per heavy atom. The van der Waals surface area contributed by atoms with E-state index in [1.807, 2.05) is 17.8 Å². The molecule has 0 fully saturated rings. The van der Waals surface area contributed by atoms with E-state index >= 15 is 0 Å². The lowest BCUT2D eigenvalue weighted by Gasteiger charge is -2.08. The average Bonchev–Trinajstić information content (AvgIpc) is 2.82. The number of hydrogen-bond acceptors (Lipinski definition) is 3. The molecule has 0 spiro atoms. The number of ether oxygens (including phenoxy) is 1. The third kappa shape index (κ3) is 3.32. The number of halogens is 1. The maximum absolute atomic E-state index is 13.9. The monoisotopic (exact) mass is 263 g/mol. The SMILES string of the molecule is COc1cccc(CNCCc2ccnn2C)c1F. The van der Waals surface area contributed by atoms with Crippen molar-refractivity contribution in [1.29, 1.82) is 0 Å². The van der Waals surface area contributed by atoms with Crippen LogP contribution in [0.3, 0.4) is 0 Å². The molecule has 0 atom stereocenters. The fraction of sp³-hybridized carbons (Fsp3) is 0.357.